The summed E-state index contributed by atoms with van der Waals surface area (Å²) in [6.45, 7) is 1.97. The van der Waals surface area contributed by atoms with Crippen molar-refractivity contribution in [3.8, 4) is 0 Å². The van der Waals surface area contributed by atoms with Gasteiger partial charge in [0, 0.05) is 12.1 Å². The molecule has 2 aromatic rings. The Hall–Kier alpha value is -3.35. The first-order chi connectivity index (χ1) is 12.1. The summed E-state index contributed by atoms with van der Waals surface area (Å²) in [5.74, 6) is -0.482. The first kappa shape index (κ1) is 16.5. The number of hydrogen-bond donors (Lipinski definition) is 0. The minimum atomic E-state index is -0.553. The minimum Gasteiger partial charge on any atom is -0.462 e. The van der Waals surface area contributed by atoms with Crippen molar-refractivity contribution in [1.82, 2.24) is 0 Å². The molecule has 3 rings (SSSR count). The van der Waals surface area contributed by atoms with Crippen LogP contribution in [0.15, 0.2) is 66.4 Å². The van der Waals surface area contributed by atoms with Crippen LogP contribution in [0.5, 0.6) is 0 Å². The number of nitrogens with zero attached hydrogens (tertiary/aromatic N) is 2. The van der Waals surface area contributed by atoms with Gasteiger partial charge in [-0.15, -0.1) is 0 Å². The number of nitro groups is 1. The monoisotopic (exact) mass is 340 g/mol. The van der Waals surface area contributed by atoms with Crippen molar-refractivity contribution >= 4 is 17.3 Å². The molecule has 25 heavy (non-hydrogen) atoms. The Balaban J connectivity index is 1.99. The highest BCUT2D eigenvalue weighted by Gasteiger charge is 2.36. The van der Waals surface area contributed by atoms with Gasteiger partial charge in [-0.25, -0.2) is 4.79 Å². The number of carbonyl (C=O) groups is 1. The highest BCUT2D eigenvalue weighted by molar-refractivity contribution is 5.91. The van der Waals surface area contributed by atoms with Gasteiger partial charge < -0.3 is 9.57 Å². The Morgan fingerprint density at radius 3 is 2.48 bits per heavy atom. The molecule has 1 unspecified atom stereocenters. The zero-order chi connectivity index (χ0) is 17.8. The SMILES string of the molecule is CCOC(=O)C1=CON(c2ccccc2)C1c1ccc([N+](=O)[O-])cc1. The topological polar surface area (TPSA) is 81.9 Å². The number of hydroxylamine groups is 1. The van der Waals surface area contributed by atoms with Crippen LogP contribution < -0.4 is 5.06 Å². The maximum Gasteiger partial charge on any atom is 0.339 e. The number of para-hydroxylation sites is 1. The van der Waals surface area contributed by atoms with E-state index in [-0.39, 0.29) is 12.3 Å². The normalized spacial score (nSPS) is 16.1. The molecule has 7 heteroatoms. The molecule has 0 saturated carbocycles. The molecule has 0 saturated heterocycles. The quantitative estimate of drug-likeness (QED) is 0.470. The van der Waals surface area contributed by atoms with Crippen molar-refractivity contribution in [3.63, 3.8) is 0 Å². The van der Waals surface area contributed by atoms with Gasteiger partial charge >= 0.3 is 5.97 Å². The summed E-state index contributed by atoms with van der Waals surface area (Å²) in [7, 11) is 0. The third-order valence-electron chi connectivity index (χ3n) is 3.76. The maximum absolute atomic E-state index is 12.3. The standard InChI is InChI=1S/C18H16N2O5/c1-2-24-18(21)16-12-25-19(14-6-4-3-5-7-14)17(16)13-8-10-15(11-9-13)20(22)23/h3-12,17H,2H2,1H3. The van der Waals surface area contributed by atoms with Gasteiger partial charge in [0.2, 0.25) is 0 Å². The molecule has 7 nitrogen and oxygen atoms in total. The van der Waals surface area contributed by atoms with Crippen LogP contribution in [0, 0.1) is 10.1 Å². The second-order valence-corrected chi connectivity index (χ2v) is 5.31. The number of carbonyl (C=O) groups excluding carboxylic acids is 1. The first-order valence-corrected chi connectivity index (χ1v) is 7.74. The predicted octanol–water partition coefficient (Wildman–Crippen LogP) is 3.53. The van der Waals surface area contributed by atoms with Crippen LogP contribution in [0.4, 0.5) is 11.4 Å². The lowest BCUT2D eigenvalue weighted by Crippen LogP contribution is -2.26. The van der Waals surface area contributed by atoms with Gasteiger partial charge in [-0.3, -0.25) is 10.1 Å². The van der Waals surface area contributed by atoms with E-state index >= 15 is 0 Å². The van der Waals surface area contributed by atoms with Crippen LogP contribution in [-0.2, 0) is 14.4 Å². The highest BCUT2D eigenvalue weighted by Crippen LogP contribution is 2.38. The molecule has 0 spiro atoms. The van der Waals surface area contributed by atoms with Crippen molar-refractivity contribution < 1.29 is 19.3 Å². The third-order valence-corrected chi connectivity index (χ3v) is 3.76. The fourth-order valence-corrected chi connectivity index (χ4v) is 2.62. The van der Waals surface area contributed by atoms with Gasteiger partial charge in [-0.1, -0.05) is 18.2 Å². The van der Waals surface area contributed by atoms with Gasteiger partial charge in [0.25, 0.3) is 5.69 Å². The van der Waals surface area contributed by atoms with E-state index in [0.29, 0.717) is 11.1 Å². The number of hydrogen-bond acceptors (Lipinski definition) is 6. The highest BCUT2D eigenvalue weighted by atomic mass is 16.7. The van der Waals surface area contributed by atoms with Crippen LogP contribution in [-0.4, -0.2) is 17.5 Å². The molecular formula is C18H16N2O5. The van der Waals surface area contributed by atoms with Crippen LogP contribution >= 0.6 is 0 Å². The number of ether oxygens (including phenoxy) is 1. The van der Waals surface area contributed by atoms with E-state index in [1.54, 1.807) is 24.1 Å². The number of anilines is 1. The van der Waals surface area contributed by atoms with Crippen molar-refractivity contribution in [2.75, 3.05) is 11.7 Å². The van der Waals surface area contributed by atoms with Crippen molar-refractivity contribution in [3.05, 3.63) is 82.1 Å². The number of esters is 1. The zero-order valence-corrected chi connectivity index (χ0v) is 13.5. The summed E-state index contributed by atoms with van der Waals surface area (Å²) in [6.07, 6.45) is 1.36. The summed E-state index contributed by atoms with van der Waals surface area (Å²) >= 11 is 0. The molecule has 0 radical (unpaired) electrons. The number of rotatable bonds is 5. The molecule has 1 atom stereocenters. The summed E-state index contributed by atoms with van der Waals surface area (Å²) < 4.78 is 5.10. The molecule has 0 bridgehead atoms. The average Bonchev–Trinajstić information content (AvgIpc) is 3.08. The van der Waals surface area contributed by atoms with Crippen molar-refractivity contribution in [1.29, 1.82) is 0 Å². The second kappa shape index (κ2) is 7.04. The molecule has 2 aromatic carbocycles. The van der Waals surface area contributed by atoms with E-state index in [1.807, 2.05) is 30.3 Å². The lowest BCUT2D eigenvalue weighted by atomic mass is 9.99. The van der Waals surface area contributed by atoms with Crippen LogP contribution in [0.25, 0.3) is 0 Å². The fraction of sp³-hybridized carbons (Fsp3) is 0.167. The molecular weight excluding hydrogens is 324 g/mol. The first-order valence-electron chi connectivity index (χ1n) is 7.74. The Kier molecular flexibility index (Phi) is 4.65. The third kappa shape index (κ3) is 3.30. The Morgan fingerprint density at radius 2 is 1.88 bits per heavy atom. The van der Waals surface area contributed by atoms with Crippen molar-refractivity contribution in [2.45, 2.75) is 13.0 Å². The molecule has 1 heterocycles. The van der Waals surface area contributed by atoms with E-state index in [4.69, 9.17) is 9.57 Å². The molecule has 0 amide bonds. The van der Waals surface area contributed by atoms with Crippen LogP contribution in [0.1, 0.15) is 18.5 Å². The van der Waals surface area contributed by atoms with E-state index in [2.05, 4.69) is 0 Å². The van der Waals surface area contributed by atoms with Gasteiger partial charge in [-0.05, 0) is 36.8 Å². The van der Waals surface area contributed by atoms with Crippen LogP contribution in [0.2, 0.25) is 0 Å². The average molecular weight is 340 g/mol. The number of benzene rings is 2. The minimum absolute atomic E-state index is 0.0180. The number of nitro benzene ring substituents is 1. The Bertz CT molecular complexity index is 802. The fourth-order valence-electron chi connectivity index (χ4n) is 2.62. The smallest absolute Gasteiger partial charge is 0.339 e. The molecule has 1 aliphatic heterocycles. The second-order valence-electron chi connectivity index (χ2n) is 5.31. The number of non-ortho nitro benzene ring substituents is 1. The van der Waals surface area contributed by atoms with Gasteiger partial charge in [0.15, 0.2) is 0 Å². The summed E-state index contributed by atoms with van der Waals surface area (Å²) in [5.41, 5.74) is 1.75. The van der Waals surface area contributed by atoms with Crippen molar-refractivity contribution in [2.24, 2.45) is 0 Å². The lowest BCUT2D eigenvalue weighted by Gasteiger charge is -2.26. The van der Waals surface area contributed by atoms with E-state index in [9.17, 15) is 14.9 Å². The van der Waals surface area contributed by atoms with E-state index in [0.717, 1.165) is 5.69 Å². The summed E-state index contributed by atoms with van der Waals surface area (Å²) in [4.78, 5) is 28.3. The summed E-state index contributed by atoms with van der Waals surface area (Å²) in [5, 5.41) is 12.4. The zero-order valence-electron chi connectivity index (χ0n) is 13.5. The molecule has 0 N–H and O–H groups in total. The molecule has 0 aromatic heterocycles. The van der Waals surface area contributed by atoms with Gasteiger partial charge in [-0.2, -0.15) is 5.06 Å². The Morgan fingerprint density at radius 1 is 1.20 bits per heavy atom. The van der Waals surface area contributed by atoms with E-state index in [1.165, 1.54) is 18.4 Å². The largest absolute Gasteiger partial charge is 0.462 e. The lowest BCUT2D eigenvalue weighted by molar-refractivity contribution is -0.384. The molecule has 1 aliphatic rings. The summed E-state index contributed by atoms with van der Waals surface area (Å²) in [6, 6.07) is 14.8. The molecule has 0 fully saturated rings. The molecule has 128 valence electrons. The Labute approximate surface area is 144 Å². The maximum atomic E-state index is 12.3. The van der Waals surface area contributed by atoms with Gasteiger partial charge in [0.05, 0.1) is 17.2 Å². The van der Waals surface area contributed by atoms with Gasteiger partial charge in [0.1, 0.15) is 17.9 Å². The van der Waals surface area contributed by atoms with E-state index < -0.39 is 16.9 Å². The molecule has 0 aliphatic carbocycles. The predicted molar refractivity (Wildman–Crippen MR) is 90.6 cm³/mol. The van der Waals surface area contributed by atoms with Crippen LogP contribution in [0.3, 0.4) is 0 Å².